The van der Waals surface area contributed by atoms with Crippen LogP contribution in [0.2, 0.25) is 0 Å². The van der Waals surface area contributed by atoms with Crippen molar-refractivity contribution in [2.24, 2.45) is 0 Å². The molecule has 0 unspecified atom stereocenters. The highest BCUT2D eigenvalue weighted by atomic mass is 19.1. The first-order valence-corrected chi connectivity index (χ1v) is 9.51. The molecule has 29 heavy (non-hydrogen) atoms. The Kier molecular flexibility index (Phi) is 7.02. The summed E-state index contributed by atoms with van der Waals surface area (Å²) in [5.74, 6) is -1.17. The van der Waals surface area contributed by atoms with E-state index >= 15 is 0 Å². The van der Waals surface area contributed by atoms with Crippen molar-refractivity contribution in [1.82, 2.24) is 10.2 Å². The average molecular weight is 400 g/mol. The zero-order valence-electron chi connectivity index (χ0n) is 16.4. The van der Waals surface area contributed by atoms with E-state index in [0.717, 1.165) is 43.7 Å². The van der Waals surface area contributed by atoms with E-state index in [1.165, 1.54) is 18.2 Å². The van der Waals surface area contributed by atoms with Crippen LogP contribution in [-0.4, -0.2) is 63.1 Å². The number of piperazine rings is 1. The normalized spacial score (nSPS) is 14.3. The van der Waals surface area contributed by atoms with Gasteiger partial charge in [0.05, 0.1) is 7.11 Å². The molecule has 0 atom stereocenters. The van der Waals surface area contributed by atoms with Crippen molar-refractivity contribution in [3.63, 3.8) is 0 Å². The summed E-state index contributed by atoms with van der Waals surface area (Å²) < 4.78 is 18.3. The number of carbonyl (C=O) groups excluding carboxylic acids is 2. The third kappa shape index (κ3) is 5.92. The van der Waals surface area contributed by atoms with Crippen molar-refractivity contribution in [3.05, 3.63) is 54.3 Å². The molecule has 1 aliphatic rings. The summed E-state index contributed by atoms with van der Waals surface area (Å²) in [5.41, 5.74) is 1.41. The number of methoxy groups -OCH3 is 1. The lowest BCUT2D eigenvalue weighted by molar-refractivity contribution is -0.136. The van der Waals surface area contributed by atoms with Crippen LogP contribution in [0.15, 0.2) is 48.5 Å². The van der Waals surface area contributed by atoms with E-state index in [1.54, 1.807) is 7.11 Å². The molecule has 0 aliphatic carbocycles. The maximum absolute atomic E-state index is 13.1. The summed E-state index contributed by atoms with van der Waals surface area (Å²) in [7, 11) is 1.65. The van der Waals surface area contributed by atoms with E-state index in [9.17, 15) is 14.0 Å². The molecule has 2 aromatic rings. The molecule has 1 fully saturated rings. The number of carbonyl (C=O) groups is 2. The lowest BCUT2D eigenvalue weighted by Crippen LogP contribution is -2.49. The highest BCUT2D eigenvalue weighted by Gasteiger charge is 2.18. The molecule has 1 aliphatic heterocycles. The summed E-state index contributed by atoms with van der Waals surface area (Å²) in [6.07, 6.45) is 0. The Bertz CT molecular complexity index is 836. The molecule has 0 bridgehead atoms. The quantitative estimate of drug-likeness (QED) is 0.723. The highest BCUT2D eigenvalue weighted by molar-refractivity contribution is 6.39. The van der Waals surface area contributed by atoms with Gasteiger partial charge in [-0.2, -0.15) is 0 Å². The molecule has 1 saturated heterocycles. The number of hydrogen-bond donors (Lipinski definition) is 2. The summed E-state index contributed by atoms with van der Waals surface area (Å²) in [5, 5.41) is 4.99. The molecular formula is C21H25FN4O3. The zero-order valence-corrected chi connectivity index (χ0v) is 16.4. The number of hydrogen-bond acceptors (Lipinski definition) is 5. The SMILES string of the molecule is COc1ccc(N2CCN(CCNC(=O)C(=O)Nc3cccc(F)c3)CC2)cc1. The third-order valence-electron chi connectivity index (χ3n) is 4.81. The van der Waals surface area contributed by atoms with Crippen LogP contribution in [0.1, 0.15) is 0 Å². The van der Waals surface area contributed by atoms with E-state index < -0.39 is 17.6 Å². The Hall–Kier alpha value is -3.13. The fourth-order valence-electron chi connectivity index (χ4n) is 3.18. The Labute approximate surface area is 169 Å². The van der Waals surface area contributed by atoms with Gasteiger partial charge in [-0.05, 0) is 42.5 Å². The number of ether oxygens (including phenoxy) is 1. The molecule has 0 aromatic heterocycles. The number of nitrogens with one attached hydrogen (secondary N) is 2. The smallest absolute Gasteiger partial charge is 0.313 e. The molecule has 1 heterocycles. The van der Waals surface area contributed by atoms with Crippen LogP contribution in [0, 0.1) is 5.82 Å². The number of benzene rings is 2. The molecular weight excluding hydrogens is 375 g/mol. The largest absolute Gasteiger partial charge is 0.497 e. The van der Waals surface area contributed by atoms with Crippen molar-refractivity contribution in [2.75, 3.05) is 56.6 Å². The molecule has 0 radical (unpaired) electrons. The van der Waals surface area contributed by atoms with Gasteiger partial charge >= 0.3 is 11.8 Å². The first-order chi connectivity index (χ1) is 14.0. The fraction of sp³-hybridized carbons (Fsp3) is 0.333. The van der Waals surface area contributed by atoms with E-state index in [1.807, 2.05) is 24.3 Å². The lowest BCUT2D eigenvalue weighted by Gasteiger charge is -2.36. The highest BCUT2D eigenvalue weighted by Crippen LogP contribution is 2.20. The number of halogens is 1. The Morgan fingerprint density at radius 3 is 2.41 bits per heavy atom. The van der Waals surface area contributed by atoms with E-state index in [-0.39, 0.29) is 5.69 Å². The molecule has 2 aromatic carbocycles. The van der Waals surface area contributed by atoms with Crippen molar-refractivity contribution < 1.29 is 18.7 Å². The van der Waals surface area contributed by atoms with E-state index in [2.05, 4.69) is 20.4 Å². The lowest BCUT2D eigenvalue weighted by atomic mass is 10.2. The minimum Gasteiger partial charge on any atom is -0.497 e. The van der Waals surface area contributed by atoms with Crippen LogP contribution in [0.25, 0.3) is 0 Å². The van der Waals surface area contributed by atoms with Gasteiger partial charge in [0.2, 0.25) is 0 Å². The Morgan fingerprint density at radius 2 is 1.76 bits per heavy atom. The second-order valence-corrected chi connectivity index (χ2v) is 6.75. The molecule has 0 spiro atoms. The van der Waals surface area contributed by atoms with Gasteiger partial charge in [0.25, 0.3) is 0 Å². The number of anilines is 2. The van der Waals surface area contributed by atoms with Gasteiger partial charge in [-0.25, -0.2) is 4.39 Å². The van der Waals surface area contributed by atoms with Crippen LogP contribution in [0.4, 0.5) is 15.8 Å². The number of nitrogens with zero attached hydrogens (tertiary/aromatic N) is 2. The van der Waals surface area contributed by atoms with Crippen LogP contribution in [-0.2, 0) is 9.59 Å². The minimum absolute atomic E-state index is 0.250. The van der Waals surface area contributed by atoms with Crippen molar-refractivity contribution in [3.8, 4) is 5.75 Å². The average Bonchev–Trinajstić information content (AvgIpc) is 2.74. The summed E-state index contributed by atoms with van der Waals surface area (Å²) in [6, 6.07) is 13.4. The second-order valence-electron chi connectivity index (χ2n) is 6.75. The fourth-order valence-corrected chi connectivity index (χ4v) is 3.18. The van der Waals surface area contributed by atoms with Gasteiger partial charge in [-0.3, -0.25) is 14.5 Å². The predicted molar refractivity (Wildman–Crippen MR) is 110 cm³/mol. The monoisotopic (exact) mass is 400 g/mol. The van der Waals surface area contributed by atoms with Crippen LogP contribution < -0.4 is 20.3 Å². The van der Waals surface area contributed by atoms with Crippen LogP contribution in [0.5, 0.6) is 5.75 Å². The molecule has 2 amide bonds. The van der Waals surface area contributed by atoms with Gasteiger partial charge in [0.15, 0.2) is 0 Å². The molecule has 0 saturated carbocycles. The number of rotatable bonds is 6. The molecule has 7 nitrogen and oxygen atoms in total. The summed E-state index contributed by atoms with van der Waals surface area (Å²) in [4.78, 5) is 28.3. The minimum atomic E-state index is -0.806. The van der Waals surface area contributed by atoms with E-state index in [0.29, 0.717) is 13.1 Å². The van der Waals surface area contributed by atoms with Gasteiger partial charge in [0, 0.05) is 50.6 Å². The maximum Gasteiger partial charge on any atom is 0.313 e. The maximum atomic E-state index is 13.1. The number of amides is 2. The first-order valence-electron chi connectivity index (χ1n) is 9.51. The van der Waals surface area contributed by atoms with Crippen LogP contribution >= 0.6 is 0 Å². The topological polar surface area (TPSA) is 73.9 Å². The third-order valence-corrected chi connectivity index (χ3v) is 4.81. The summed E-state index contributed by atoms with van der Waals surface area (Å²) >= 11 is 0. The van der Waals surface area contributed by atoms with Gasteiger partial charge < -0.3 is 20.3 Å². The summed E-state index contributed by atoms with van der Waals surface area (Å²) in [6.45, 7) is 4.56. The van der Waals surface area contributed by atoms with E-state index in [4.69, 9.17) is 4.74 Å². The van der Waals surface area contributed by atoms with Crippen molar-refractivity contribution >= 4 is 23.2 Å². The van der Waals surface area contributed by atoms with Crippen LogP contribution in [0.3, 0.4) is 0 Å². The standard InChI is InChI=1S/C21H25FN4O3/c1-29-19-7-5-18(6-8-19)26-13-11-25(12-14-26)10-9-23-20(27)21(28)24-17-4-2-3-16(22)15-17/h2-8,15H,9-14H2,1H3,(H,23,27)(H,24,28). The van der Waals surface area contributed by atoms with Crippen molar-refractivity contribution in [2.45, 2.75) is 0 Å². The van der Waals surface area contributed by atoms with Crippen molar-refractivity contribution in [1.29, 1.82) is 0 Å². The van der Waals surface area contributed by atoms with Gasteiger partial charge in [0.1, 0.15) is 11.6 Å². The first kappa shape index (κ1) is 20.6. The van der Waals surface area contributed by atoms with Gasteiger partial charge in [-0.15, -0.1) is 0 Å². The second kappa shape index (κ2) is 9.88. The Morgan fingerprint density at radius 1 is 1.03 bits per heavy atom. The van der Waals surface area contributed by atoms with Gasteiger partial charge in [-0.1, -0.05) is 6.07 Å². The zero-order chi connectivity index (χ0) is 20.6. The molecule has 154 valence electrons. The molecule has 3 rings (SSSR count). The Balaban J connectivity index is 1.36. The molecule has 2 N–H and O–H groups in total. The molecule has 8 heteroatoms. The predicted octanol–water partition coefficient (Wildman–Crippen LogP) is 1.71.